The van der Waals surface area contributed by atoms with Crippen LogP contribution in [0.1, 0.15) is 60.3 Å². The highest BCUT2D eigenvalue weighted by atomic mass is 16.4. The van der Waals surface area contributed by atoms with Crippen LogP contribution in [0.25, 0.3) is 0 Å². The van der Waals surface area contributed by atoms with E-state index < -0.39 is 22.8 Å². The summed E-state index contributed by atoms with van der Waals surface area (Å²) >= 11 is 0. The second-order valence-electron chi connectivity index (χ2n) is 9.52. The average Bonchev–Trinajstić information content (AvgIpc) is 2.55. The number of allylic oxidation sites excluding steroid dienone is 2. The third-order valence-electron chi connectivity index (χ3n) is 5.87. The van der Waals surface area contributed by atoms with E-state index in [1.165, 1.54) is 0 Å². The molecule has 2 bridgehead atoms. The zero-order valence-electron chi connectivity index (χ0n) is 14.6. The predicted molar refractivity (Wildman–Crippen MR) is 87.0 cm³/mol. The standard InChI is InChI=1S/C19H26O4/c1-16(2)8-18(5)7-11-6-17(3,4)13(14(20)21)12(11)19(9-16,10-18)15(22)23/h7H,6,8-10H2,1-5H3,(H,20,21)(H,22,23). The lowest BCUT2D eigenvalue weighted by Gasteiger charge is -2.54. The van der Waals surface area contributed by atoms with Gasteiger partial charge in [0.25, 0.3) is 0 Å². The lowest BCUT2D eigenvalue weighted by atomic mass is 9.49. The summed E-state index contributed by atoms with van der Waals surface area (Å²) in [7, 11) is 0. The first-order chi connectivity index (χ1) is 10.3. The molecule has 0 saturated heterocycles. The topological polar surface area (TPSA) is 74.6 Å². The fourth-order valence-corrected chi connectivity index (χ4v) is 5.96. The van der Waals surface area contributed by atoms with Gasteiger partial charge in [0, 0.05) is 11.0 Å². The molecule has 0 heterocycles. The number of carboxylic acid groups (broad SMARTS) is 2. The van der Waals surface area contributed by atoms with Crippen LogP contribution >= 0.6 is 0 Å². The number of aliphatic carboxylic acids is 2. The van der Waals surface area contributed by atoms with Crippen LogP contribution in [-0.4, -0.2) is 22.2 Å². The van der Waals surface area contributed by atoms with Crippen molar-refractivity contribution in [2.75, 3.05) is 0 Å². The van der Waals surface area contributed by atoms with Crippen molar-refractivity contribution in [2.24, 2.45) is 21.7 Å². The van der Waals surface area contributed by atoms with E-state index in [1.54, 1.807) is 0 Å². The second kappa shape index (κ2) is 4.28. The van der Waals surface area contributed by atoms with Crippen LogP contribution in [-0.2, 0) is 9.59 Å². The van der Waals surface area contributed by atoms with Crippen molar-refractivity contribution in [3.05, 3.63) is 22.8 Å². The molecule has 3 aliphatic carbocycles. The summed E-state index contributed by atoms with van der Waals surface area (Å²) in [6.45, 7) is 10.1. The number of fused-ring (bicyclic) bond motifs is 4. The number of hydrogen-bond acceptors (Lipinski definition) is 2. The molecule has 0 aromatic heterocycles. The summed E-state index contributed by atoms with van der Waals surface area (Å²) in [5, 5.41) is 19.9. The van der Waals surface area contributed by atoms with Gasteiger partial charge in [-0.1, -0.05) is 40.7 Å². The third-order valence-corrected chi connectivity index (χ3v) is 5.87. The molecular formula is C19H26O4. The fraction of sp³-hybridized carbons (Fsp3) is 0.684. The van der Waals surface area contributed by atoms with Gasteiger partial charge in [-0.15, -0.1) is 0 Å². The highest BCUT2D eigenvalue weighted by Crippen LogP contribution is 2.66. The Morgan fingerprint density at radius 2 is 1.61 bits per heavy atom. The van der Waals surface area contributed by atoms with Crippen LogP contribution in [0.15, 0.2) is 22.8 Å². The molecule has 0 aromatic rings. The summed E-state index contributed by atoms with van der Waals surface area (Å²) in [6.07, 6.45) is 4.75. The molecule has 126 valence electrons. The monoisotopic (exact) mass is 318 g/mol. The van der Waals surface area contributed by atoms with Crippen molar-refractivity contribution in [2.45, 2.75) is 60.3 Å². The van der Waals surface area contributed by atoms with Gasteiger partial charge in [0.15, 0.2) is 0 Å². The summed E-state index contributed by atoms with van der Waals surface area (Å²) in [5.41, 5.74) is -0.0207. The minimum atomic E-state index is -1.07. The van der Waals surface area contributed by atoms with E-state index in [2.05, 4.69) is 26.8 Å². The van der Waals surface area contributed by atoms with E-state index in [0.717, 1.165) is 12.0 Å². The molecule has 1 saturated carbocycles. The Bertz CT molecular complexity index is 679. The first-order valence-electron chi connectivity index (χ1n) is 8.26. The van der Waals surface area contributed by atoms with Gasteiger partial charge in [-0.3, -0.25) is 4.79 Å². The van der Waals surface area contributed by atoms with Crippen LogP contribution in [0.2, 0.25) is 0 Å². The van der Waals surface area contributed by atoms with Gasteiger partial charge < -0.3 is 10.2 Å². The molecule has 2 N–H and O–H groups in total. The third kappa shape index (κ3) is 2.18. The predicted octanol–water partition coefficient (Wildman–Crippen LogP) is 4.02. The molecule has 2 atom stereocenters. The minimum absolute atomic E-state index is 0.128. The van der Waals surface area contributed by atoms with Gasteiger partial charge in [-0.05, 0) is 47.7 Å². The number of hydrogen-bond donors (Lipinski definition) is 2. The van der Waals surface area contributed by atoms with Gasteiger partial charge >= 0.3 is 11.9 Å². The van der Waals surface area contributed by atoms with Crippen molar-refractivity contribution in [1.29, 1.82) is 0 Å². The zero-order chi connectivity index (χ0) is 17.4. The van der Waals surface area contributed by atoms with E-state index in [9.17, 15) is 19.8 Å². The van der Waals surface area contributed by atoms with E-state index in [1.807, 2.05) is 13.8 Å². The second-order valence-corrected chi connectivity index (χ2v) is 9.52. The van der Waals surface area contributed by atoms with Gasteiger partial charge in [0.05, 0.1) is 5.41 Å². The molecule has 0 radical (unpaired) electrons. The molecule has 2 unspecified atom stereocenters. The van der Waals surface area contributed by atoms with E-state index in [4.69, 9.17) is 0 Å². The first-order valence-corrected chi connectivity index (χ1v) is 8.26. The Kier molecular flexibility index (Phi) is 3.03. The lowest BCUT2D eigenvalue weighted by molar-refractivity contribution is -0.154. The van der Waals surface area contributed by atoms with Crippen LogP contribution in [0.4, 0.5) is 0 Å². The largest absolute Gasteiger partial charge is 0.481 e. The number of carboxylic acids is 2. The zero-order valence-corrected chi connectivity index (χ0v) is 14.6. The molecule has 4 nitrogen and oxygen atoms in total. The van der Waals surface area contributed by atoms with Crippen LogP contribution in [0.3, 0.4) is 0 Å². The summed E-state index contributed by atoms with van der Waals surface area (Å²) in [5.74, 6) is -1.84. The quantitative estimate of drug-likeness (QED) is 0.806. The Hall–Kier alpha value is -1.58. The number of carbonyl (C=O) groups is 2. The molecule has 3 aliphatic rings. The maximum atomic E-state index is 12.4. The highest BCUT2D eigenvalue weighted by Gasteiger charge is 2.61. The average molecular weight is 318 g/mol. The molecule has 3 rings (SSSR count). The van der Waals surface area contributed by atoms with Crippen molar-refractivity contribution >= 4 is 11.9 Å². The molecule has 0 amide bonds. The Balaban J connectivity index is 2.37. The van der Waals surface area contributed by atoms with Gasteiger partial charge in [-0.25, -0.2) is 4.79 Å². The Morgan fingerprint density at radius 3 is 2.13 bits per heavy atom. The molecule has 23 heavy (non-hydrogen) atoms. The van der Waals surface area contributed by atoms with E-state index >= 15 is 0 Å². The fourth-order valence-electron chi connectivity index (χ4n) is 5.96. The van der Waals surface area contributed by atoms with E-state index in [-0.39, 0.29) is 10.8 Å². The Morgan fingerprint density at radius 1 is 1.00 bits per heavy atom. The smallest absolute Gasteiger partial charge is 0.332 e. The van der Waals surface area contributed by atoms with Crippen molar-refractivity contribution in [3.8, 4) is 0 Å². The summed E-state index contributed by atoms with van der Waals surface area (Å²) < 4.78 is 0. The molecule has 0 aliphatic heterocycles. The van der Waals surface area contributed by atoms with Gasteiger partial charge in [-0.2, -0.15) is 0 Å². The number of rotatable bonds is 2. The highest BCUT2D eigenvalue weighted by molar-refractivity contribution is 5.95. The van der Waals surface area contributed by atoms with E-state index in [0.29, 0.717) is 30.4 Å². The normalized spacial score (nSPS) is 37.2. The Labute approximate surface area is 137 Å². The summed E-state index contributed by atoms with van der Waals surface area (Å²) in [4.78, 5) is 24.3. The first kappa shape index (κ1) is 16.3. The van der Waals surface area contributed by atoms with Crippen molar-refractivity contribution < 1.29 is 19.8 Å². The maximum Gasteiger partial charge on any atom is 0.332 e. The SMILES string of the molecule is CC1(C)CC2(C)C=C3CC(C)(C)C(C(=O)O)=C3C(C(=O)O)(C1)C2. The van der Waals surface area contributed by atoms with Crippen LogP contribution < -0.4 is 0 Å². The molecule has 0 spiro atoms. The molecule has 0 aromatic carbocycles. The molecule has 1 fully saturated rings. The van der Waals surface area contributed by atoms with Crippen molar-refractivity contribution in [1.82, 2.24) is 0 Å². The molecule has 4 heteroatoms. The van der Waals surface area contributed by atoms with Crippen LogP contribution in [0.5, 0.6) is 0 Å². The van der Waals surface area contributed by atoms with Gasteiger partial charge in [0.1, 0.15) is 0 Å². The van der Waals surface area contributed by atoms with Gasteiger partial charge in [0.2, 0.25) is 0 Å². The maximum absolute atomic E-state index is 12.4. The summed E-state index contributed by atoms with van der Waals surface area (Å²) in [6, 6.07) is 0. The minimum Gasteiger partial charge on any atom is -0.481 e. The lowest BCUT2D eigenvalue weighted by Crippen LogP contribution is -2.50. The van der Waals surface area contributed by atoms with Crippen molar-refractivity contribution in [3.63, 3.8) is 0 Å². The van der Waals surface area contributed by atoms with Crippen LogP contribution in [0, 0.1) is 21.7 Å². The molecular weight excluding hydrogens is 292 g/mol.